The minimum absolute atomic E-state index is 0.0259. The van der Waals surface area contributed by atoms with Gasteiger partial charge in [0, 0.05) is 64.2 Å². The molecule has 0 saturated carbocycles. The predicted octanol–water partition coefficient (Wildman–Crippen LogP) is 6.76. The number of Topliss-reactive ketones (excluding diaryl/α,β-unsaturated/α-hetero) is 2. The van der Waals surface area contributed by atoms with Crippen LogP contribution in [-0.4, -0.2) is 58.7 Å². The first-order chi connectivity index (χ1) is 23.1. The monoisotopic (exact) mass is 663 g/mol. The van der Waals surface area contributed by atoms with Gasteiger partial charge in [-0.3, -0.25) is 14.5 Å². The van der Waals surface area contributed by atoms with Crippen molar-refractivity contribution in [3.63, 3.8) is 0 Å². The number of nitrogens with one attached hydrogen (secondary N) is 1. The number of rotatable bonds is 12. The fourth-order valence-electron chi connectivity index (χ4n) is 6.44. The van der Waals surface area contributed by atoms with Gasteiger partial charge in [0.1, 0.15) is 17.4 Å². The number of piperidine rings is 1. The number of hydrogen-bond donors (Lipinski definition) is 1. The van der Waals surface area contributed by atoms with Gasteiger partial charge in [-0.15, -0.1) is 0 Å². The number of hydrogen-bond acceptors (Lipinski definition) is 8. The average molecular weight is 664 g/mol. The zero-order valence-electron chi connectivity index (χ0n) is 26.4. The van der Waals surface area contributed by atoms with Gasteiger partial charge in [-0.25, -0.2) is 9.37 Å². The standard InChI is InChI=1S/C36H37F4N5O3/c37-30-9-5-4-8-27(30)20-29(46)18-26-12-17-45(23-26)32-11-10-25(21-41-32)19-31(47)33-34(36(38,39)40)43-35(48-33)42-28-13-15-44(16-14-28)22-24-6-2-1-3-7-24/h1-11,21,26,28H,12-20,22-23H2,(H,42,43). The summed E-state index contributed by atoms with van der Waals surface area (Å²) in [5.74, 6) is -1.33. The molecular weight excluding hydrogens is 626 g/mol. The van der Waals surface area contributed by atoms with Crippen molar-refractivity contribution in [3.05, 3.63) is 107 Å². The van der Waals surface area contributed by atoms with Crippen LogP contribution in [0, 0.1) is 11.7 Å². The second kappa shape index (κ2) is 14.7. The van der Waals surface area contributed by atoms with Crippen LogP contribution in [-0.2, 0) is 30.4 Å². The Morgan fingerprint density at radius 1 is 0.896 bits per heavy atom. The molecule has 48 heavy (non-hydrogen) atoms. The van der Waals surface area contributed by atoms with Crippen LogP contribution < -0.4 is 10.2 Å². The van der Waals surface area contributed by atoms with Gasteiger partial charge in [0.2, 0.25) is 11.5 Å². The summed E-state index contributed by atoms with van der Waals surface area (Å²) >= 11 is 0. The zero-order chi connectivity index (χ0) is 33.7. The minimum atomic E-state index is -4.86. The molecule has 2 aliphatic rings. The molecule has 2 aromatic heterocycles. The van der Waals surface area contributed by atoms with E-state index in [2.05, 4.69) is 32.3 Å². The topological polar surface area (TPSA) is 91.6 Å². The predicted molar refractivity (Wildman–Crippen MR) is 172 cm³/mol. The highest BCUT2D eigenvalue weighted by molar-refractivity contribution is 5.96. The molecule has 1 N–H and O–H groups in total. The maximum absolute atomic E-state index is 13.9. The summed E-state index contributed by atoms with van der Waals surface area (Å²) in [4.78, 5) is 38.0. The molecule has 8 nitrogen and oxygen atoms in total. The van der Waals surface area contributed by atoms with E-state index in [-0.39, 0.29) is 42.4 Å². The number of carbonyl (C=O) groups excluding carboxylic acids is 2. The van der Waals surface area contributed by atoms with E-state index in [0.29, 0.717) is 49.3 Å². The molecular formula is C36H37F4N5O3. The molecule has 2 aromatic carbocycles. The highest BCUT2D eigenvalue weighted by Crippen LogP contribution is 2.34. The number of halogens is 4. The lowest BCUT2D eigenvalue weighted by atomic mass is 9.97. The third-order valence-corrected chi connectivity index (χ3v) is 8.96. The smallest absolute Gasteiger partial charge is 0.420 e. The van der Waals surface area contributed by atoms with E-state index >= 15 is 0 Å². The molecule has 6 rings (SSSR count). The molecule has 0 amide bonds. The van der Waals surface area contributed by atoms with E-state index in [0.717, 1.165) is 26.1 Å². The van der Waals surface area contributed by atoms with Gasteiger partial charge < -0.3 is 14.6 Å². The third kappa shape index (κ3) is 8.46. The van der Waals surface area contributed by atoms with E-state index in [4.69, 9.17) is 4.42 Å². The van der Waals surface area contributed by atoms with Gasteiger partial charge in [0.15, 0.2) is 5.69 Å². The van der Waals surface area contributed by atoms with Gasteiger partial charge in [0.05, 0.1) is 0 Å². The number of nitrogens with zero attached hydrogens (tertiary/aromatic N) is 4. The van der Waals surface area contributed by atoms with Crippen molar-refractivity contribution in [3.8, 4) is 0 Å². The largest absolute Gasteiger partial charge is 0.437 e. The number of likely N-dealkylation sites (tertiary alicyclic amines) is 1. The molecule has 4 heterocycles. The van der Waals surface area contributed by atoms with Crippen molar-refractivity contribution >= 4 is 23.4 Å². The van der Waals surface area contributed by atoms with E-state index in [1.807, 2.05) is 23.1 Å². The van der Waals surface area contributed by atoms with Crippen LogP contribution >= 0.6 is 0 Å². The summed E-state index contributed by atoms with van der Waals surface area (Å²) in [6, 6.07) is 19.3. The van der Waals surface area contributed by atoms with Gasteiger partial charge in [-0.1, -0.05) is 54.6 Å². The van der Waals surface area contributed by atoms with Crippen molar-refractivity contribution < 1.29 is 31.6 Å². The van der Waals surface area contributed by atoms with Crippen LogP contribution in [0.3, 0.4) is 0 Å². The van der Waals surface area contributed by atoms with Crippen molar-refractivity contribution in [2.45, 2.75) is 57.3 Å². The molecule has 1 atom stereocenters. The number of ketones is 2. The van der Waals surface area contributed by atoms with Gasteiger partial charge in [-0.2, -0.15) is 18.2 Å². The van der Waals surface area contributed by atoms with E-state index < -0.39 is 23.4 Å². The Labute approximate surface area is 276 Å². The molecule has 1 unspecified atom stereocenters. The highest BCUT2D eigenvalue weighted by atomic mass is 19.4. The number of pyridine rings is 1. The molecule has 0 bridgehead atoms. The number of aromatic nitrogens is 2. The zero-order valence-corrected chi connectivity index (χ0v) is 26.4. The van der Waals surface area contributed by atoms with Crippen molar-refractivity contribution in [2.75, 3.05) is 36.4 Å². The Balaban J connectivity index is 1.02. The first kappa shape index (κ1) is 33.3. The molecule has 252 valence electrons. The second-order valence-corrected chi connectivity index (χ2v) is 12.6. The maximum atomic E-state index is 13.9. The summed E-state index contributed by atoms with van der Waals surface area (Å²) < 4.78 is 61.0. The number of anilines is 2. The molecule has 0 aliphatic carbocycles. The lowest BCUT2D eigenvalue weighted by Crippen LogP contribution is -2.38. The highest BCUT2D eigenvalue weighted by Gasteiger charge is 2.41. The summed E-state index contributed by atoms with van der Waals surface area (Å²) in [7, 11) is 0. The van der Waals surface area contributed by atoms with Crippen molar-refractivity contribution in [1.82, 2.24) is 14.9 Å². The third-order valence-electron chi connectivity index (χ3n) is 8.96. The van der Waals surface area contributed by atoms with E-state index in [9.17, 15) is 27.2 Å². The quantitative estimate of drug-likeness (QED) is 0.131. The molecule has 0 radical (unpaired) electrons. The Hall–Kier alpha value is -4.58. The molecule has 4 aromatic rings. The van der Waals surface area contributed by atoms with E-state index in [1.165, 1.54) is 17.8 Å². The lowest BCUT2D eigenvalue weighted by molar-refractivity contribution is -0.141. The fourth-order valence-corrected chi connectivity index (χ4v) is 6.44. The first-order valence-electron chi connectivity index (χ1n) is 16.2. The Kier molecular flexibility index (Phi) is 10.2. The first-order valence-corrected chi connectivity index (χ1v) is 16.2. The Bertz CT molecular complexity index is 1700. The number of benzene rings is 2. The average Bonchev–Trinajstić information content (AvgIpc) is 3.72. The van der Waals surface area contributed by atoms with Crippen molar-refractivity contribution in [1.29, 1.82) is 0 Å². The Morgan fingerprint density at radius 3 is 2.35 bits per heavy atom. The summed E-state index contributed by atoms with van der Waals surface area (Å²) in [6.07, 6.45) is -1.18. The van der Waals surface area contributed by atoms with Crippen LogP contribution in [0.4, 0.5) is 29.4 Å². The van der Waals surface area contributed by atoms with Crippen LogP contribution in [0.5, 0.6) is 0 Å². The minimum Gasteiger partial charge on any atom is -0.420 e. The molecule has 2 fully saturated rings. The molecule has 2 saturated heterocycles. The lowest BCUT2D eigenvalue weighted by Gasteiger charge is -2.32. The normalized spacial score (nSPS) is 17.5. The SMILES string of the molecule is O=C(Cc1ccccc1F)CC1CCN(c2ccc(CC(=O)c3oc(NC4CCN(Cc5ccccc5)CC4)nc3C(F)(F)F)cn2)C1. The van der Waals surface area contributed by atoms with Crippen LogP contribution in [0.2, 0.25) is 0 Å². The number of oxazole rings is 1. The number of alkyl halides is 3. The summed E-state index contributed by atoms with van der Waals surface area (Å²) in [5, 5.41) is 2.97. The summed E-state index contributed by atoms with van der Waals surface area (Å²) in [6.45, 7) is 3.61. The van der Waals surface area contributed by atoms with Crippen molar-refractivity contribution in [2.24, 2.45) is 5.92 Å². The van der Waals surface area contributed by atoms with Gasteiger partial charge >= 0.3 is 6.18 Å². The van der Waals surface area contributed by atoms with Crippen LogP contribution in [0.15, 0.2) is 77.3 Å². The van der Waals surface area contributed by atoms with Gasteiger partial charge in [-0.05, 0) is 54.0 Å². The van der Waals surface area contributed by atoms with Gasteiger partial charge in [0.25, 0.3) is 6.01 Å². The number of carbonyl (C=O) groups is 2. The molecule has 12 heteroatoms. The maximum Gasteiger partial charge on any atom is 0.437 e. The molecule has 0 spiro atoms. The van der Waals surface area contributed by atoms with Crippen LogP contribution in [0.25, 0.3) is 0 Å². The summed E-state index contributed by atoms with van der Waals surface area (Å²) in [5.41, 5.74) is 0.685. The molecule has 2 aliphatic heterocycles. The van der Waals surface area contributed by atoms with Crippen LogP contribution in [0.1, 0.15) is 58.6 Å². The second-order valence-electron chi connectivity index (χ2n) is 12.6. The fraction of sp³-hybridized carbons (Fsp3) is 0.389. The Morgan fingerprint density at radius 2 is 1.65 bits per heavy atom. The van der Waals surface area contributed by atoms with E-state index in [1.54, 1.807) is 30.3 Å².